The Hall–Kier alpha value is -4.24. The predicted molar refractivity (Wildman–Crippen MR) is 156 cm³/mol. The number of anilines is 1. The van der Waals surface area contributed by atoms with Crippen LogP contribution in [-0.2, 0) is 6.42 Å². The van der Waals surface area contributed by atoms with Crippen LogP contribution in [0.15, 0.2) is 60.9 Å². The van der Waals surface area contributed by atoms with Gasteiger partial charge in [-0.25, -0.2) is 15.0 Å². The molecular formula is C30H36N8O. The van der Waals surface area contributed by atoms with E-state index in [9.17, 15) is 4.79 Å². The van der Waals surface area contributed by atoms with E-state index in [1.165, 1.54) is 19.3 Å². The molecule has 0 bridgehead atoms. The Kier molecular flexibility index (Phi) is 8.17. The number of nitrogens with two attached hydrogens (primary N) is 1. The number of hydrogen-bond donors (Lipinski definition) is 4. The van der Waals surface area contributed by atoms with Crippen LogP contribution in [0.3, 0.4) is 0 Å². The molecule has 0 saturated carbocycles. The number of hydrazine groups is 1. The van der Waals surface area contributed by atoms with Gasteiger partial charge in [-0.2, -0.15) is 0 Å². The van der Waals surface area contributed by atoms with Crippen LogP contribution in [0.2, 0.25) is 0 Å². The molecule has 1 aliphatic heterocycles. The van der Waals surface area contributed by atoms with Gasteiger partial charge in [0, 0.05) is 66.2 Å². The lowest BCUT2D eigenvalue weighted by Crippen LogP contribution is -2.47. The number of aromatic nitrogens is 3. The fourth-order valence-corrected chi connectivity index (χ4v) is 5.09. The number of nitrogen functional groups attached to an aromatic ring is 1. The number of hydrogen-bond acceptors (Lipinski definition) is 6. The van der Waals surface area contributed by atoms with Crippen LogP contribution in [0.1, 0.15) is 54.1 Å². The van der Waals surface area contributed by atoms with Gasteiger partial charge in [0.2, 0.25) is 5.95 Å². The standard InChI is InChI=1S/C30H36N8O/c1-2-16-38(37-17-4-3-5-18-37)30-34-15-13-26(36-30)22-7-9-23(10-8-22)29(39)33-14-12-21-6-11-27-24(19-21)25(20-35-27)28(31)32/h6-11,13,15,19-20,35H,2-5,12,14,16-18H2,1H3,(H3,31,32)(H,33,39). The molecule has 3 heterocycles. The molecule has 5 rings (SSSR count). The third-order valence-corrected chi connectivity index (χ3v) is 7.16. The number of amides is 1. The van der Waals surface area contributed by atoms with E-state index in [0.29, 0.717) is 24.1 Å². The number of nitrogens with one attached hydrogen (secondary N) is 3. The van der Waals surface area contributed by atoms with Crippen LogP contribution in [0.5, 0.6) is 0 Å². The van der Waals surface area contributed by atoms with Crippen molar-refractivity contribution >= 4 is 28.6 Å². The fraction of sp³-hybridized carbons (Fsp3) is 0.333. The first kappa shape index (κ1) is 26.4. The highest BCUT2D eigenvalue weighted by Crippen LogP contribution is 2.23. The molecule has 202 valence electrons. The number of aromatic amines is 1. The summed E-state index contributed by atoms with van der Waals surface area (Å²) in [7, 11) is 0. The molecule has 0 atom stereocenters. The van der Waals surface area contributed by atoms with Crippen molar-refractivity contribution in [2.45, 2.75) is 39.0 Å². The van der Waals surface area contributed by atoms with Gasteiger partial charge in [-0.05, 0) is 61.6 Å². The van der Waals surface area contributed by atoms with Crippen molar-refractivity contribution in [1.82, 2.24) is 25.3 Å². The van der Waals surface area contributed by atoms with Crippen LogP contribution in [0, 0.1) is 5.41 Å². The summed E-state index contributed by atoms with van der Waals surface area (Å²) in [5, 5.41) is 16.3. The maximum absolute atomic E-state index is 12.8. The normalized spacial score (nSPS) is 13.9. The van der Waals surface area contributed by atoms with Gasteiger partial charge >= 0.3 is 0 Å². The maximum atomic E-state index is 12.8. The molecule has 1 amide bonds. The number of rotatable bonds is 10. The van der Waals surface area contributed by atoms with E-state index >= 15 is 0 Å². The van der Waals surface area contributed by atoms with Gasteiger partial charge in [0.25, 0.3) is 5.91 Å². The van der Waals surface area contributed by atoms with E-state index in [2.05, 4.69) is 32.2 Å². The fourth-order valence-electron chi connectivity index (χ4n) is 5.09. The van der Waals surface area contributed by atoms with Crippen LogP contribution in [0.4, 0.5) is 5.95 Å². The van der Waals surface area contributed by atoms with Crippen molar-refractivity contribution in [3.05, 3.63) is 77.6 Å². The Balaban J connectivity index is 1.21. The van der Waals surface area contributed by atoms with Crippen LogP contribution in [0.25, 0.3) is 22.2 Å². The van der Waals surface area contributed by atoms with Gasteiger partial charge in [-0.3, -0.25) is 15.2 Å². The van der Waals surface area contributed by atoms with Gasteiger partial charge in [0.1, 0.15) is 5.84 Å². The highest BCUT2D eigenvalue weighted by molar-refractivity contribution is 6.07. The van der Waals surface area contributed by atoms with Crippen LogP contribution >= 0.6 is 0 Å². The van der Waals surface area contributed by atoms with E-state index in [1.54, 1.807) is 6.20 Å². The average molecular weight is 525 g/mol. The topological polar surface area (TPSA) is 127 Å². The Morgan fingerprint density at radius 1 is 1.13 bits per heavy atom. The third kappa shape index (κ3) is 6.09. The Bertz CT molecular complexity index is 1440. The van der Waals surface area contributed by atoms with E-state index in [0.717, 1.165) is 59.7 Å². The summed E-state index contributed by atoms with van der Waals surface area (Å²) in [6.45, 7) is 5.65. The van der Waals surface area contributed by atoms with Gasteiger partial charge in [-0.15, -0.1) is 0 Å². The van der Waals surface area contributed by atoms with Crippen molar-refractivity contribution in [2.75, 3.05) is 31.2 Å². The second-order valence-corrected chi connectivity index (χ2v) is 9.96. The zero-order chi connectivity index (χ0) is 27.2. The van der Waals surface area contributed by atoms with Crippen molar-refractivity contribution in [3.8, 4) is 11.3 Å². The molecule has 4 aromatic rings. The van der Waals surface area contributed by atoms with Crippen LogP contribution < -0.4 is 16.1 Å². The van der Waals surface area contributed by atoms with Crippen molar-refractivity contribution in [1.29, 1.82) is 5.41 Å². The molecule has 1 fully saturated rings. The number of nitrogens with zero attached hydrogens (tertiary/aromatic N) is 4. The molecule has 0 unspecified atom stereocenters. The minimum absolute atomic E-state index is 0.0358. The number of fused-ring (bicyclic) bond motifs is 1. The number of piperidine rings is 1. The van der Waals surface area contributed by atoms with Crippen molar-refractivity contribution in [3.63, 3.8) is 0 Å². The predicted octanol–water partition coefficient (Wildman–Crippen LogP) is 4.50. The van der Waals surface area contributed by atoms with E-state index in [4.69, 9.17) is 16.1 Å². The quantitative estimate of drug-likeness (QED) is 0.179. The first-order chi connectivity index (χ1) is 19.0. The summed E-state index contributed by atoms with van der Waals surface area (Å²) in [6.07, 6.45) is 8.95. The zero-order valence-electron chi connectivity index (χ0n) is 22.4. The average Bonchev–Trinajstić information content (AvgIpc) is 3.40. The monoisotopic (exact) mass is 524 g/mol. The first-order valence-corrected chi connectivity index (χ1v) is 13.7. The first-order valence-electron chi connectivity index (χ1n) is 13.7. The second-order valence-electron chi connectivity index (χ2n) is 9.96. The van der Waals surface area contributed by atoms with E-state index < -0.39 is 0 Å². The number of carbonyl (C=O) groups is 1. The summed E-state index contributed by atoms with van der Waals surface area (Å²) in [6, 6.07) is 15.5. The molecule has 1 aliphatic rings. The number of H-pyrrole nitrogens is 1. The lowest BCUT2D eigenvalue weighted by molar-refractivity contribution is 0.0954. The molecule has 2 aromatic carbocycles. The van der Waals surface area contributed by atoms with Gasteiger partial charge < -0.3 is 16.0 Å². The summed E-state index contributed by atoms with van der Waals surface area (Å²) in [5.74, 6) is 0.649. The summed E-state index contributed by atoms with van der Waals surface area (Å²) in [4.78, 5) is 25.4. The summed E-state index contributed by atoms with van der Waals surface area (Å²) in [5.41, 5.74) is 10.8. The minimum Gasteiger partial charge on any atom is -0.384 e. The number of benzene rings is 2. The van der Waals surface area contributed by atoms with Gasteiger partial charge in [0.15, 0.2) is 0 Å². The van der Waals surface area contributed by atoms with Gasteiger partial charge in [0.05, 0.1) is 5.69 Å². The smallest absolute Gasteiger partial charge is 0.251 e. The van der Waals surface area contributed by atoms with Crippen molar-refractivity contribution in [2.24, 2.45) is 5.73 Å². The Labute approximate surface area is 228 Å². The number of carbonyl (C=O) groups excluding carboxylic acids is 1. The highest BCUT2D eigenvalue weighted by atomic mass is 16.1. The SMILES string of the molecule is CCCN(c1nccc(-c2ccc(C(=O)NCCc3ccc4[nH]cc(C(=N)N)c4c3)cc2)n1)N1CCCCC1. The largest absolute Gasteiger partial charge is 0.384 e. The molecule has 39 heavy (non-hydrogen) atoms. The molecule has 1 saturated heterocycles. The Morgan fingerprint density at radius 3 is 2.67 bits per heavy atom. The molecular weight excluding hydrogens is 488 g/mol. The summed E-state index contributed by atoms with van der Waals surface area (Å²) < 4.78 is 0. The minimum atomic E-state index is -0.115. The second kappa shape index (κ2) is 12.1. The summed E-state index contributed by atoms with van der Waals surface area (Å²) >= 11 is 0. The third-order valence-electron chi connectivity index (χ3n) is 7.16. The molecule has 5 N–H and O–H groups in total. The lowest BCUT2D eigenvalue weighted by atomic mass is 10.1. The number of amidine groups is 1. The maximum Gasteiger partial charge on any atom is 0.251 e. The lowest BCUT2D eigenvalue weighted by Gasteiger charge is -2.37. The molecule has 0 radical (unpaired) electrons. The van der Waals surface area contributed by atoms with Crippen molar-refractivity contribution < 1.29 is 4.79 Å². The molecule has 0 aliphatic carbocycles. The molecule has 9 heteroatoms. The molecule has 0 spiro atoms. The van der Waals surface area contributed by atoms with E-state index in [1.807, 2.05) is 54.7 Å². The van der Waals surface area contributed by atoms with E-state index in [-0.39, 0.29) is 11.7 Å². The molecule has 9 nitrogen and oxygen atoms in total. The molecule has 2 aromatic heterocycles. The highest BCUT2D eigenvalue weighted by Gasteiger charge is 2.20. The zero-order valence-corrected chi connectivity index (χ0v) is 22.4. The Morgan fingerprint density at radius 2 is 1.92 bits per heavy atom. The van der Waals surface area contributed by atoms with Crippen LogP contribution in [-0.4, -0.2) is 57.9 Å². The van der Waals surface area contributed by atoms with Gasteiger partial charge in [-0.1, -0.05) is 31.5 Å².